The number of esters is 1. The number of nitrogens with one attached hydrogen (secondary N) is 1. The zero-order chi connectivity index (χ0) is 12.4. The van der Waals surface area contributed by atoms with Crippen molar-refractivity contribution < 1.29 is 19.4 Å². The van der Waals surface area contributed by atoms with Gasteiger partial charge in [-0.15, -0.1) is 0 Å². The first-order valence-electron chi connectivity index (χ1n) is 5.34. The molecule has 0 spiro atoms. The van der Waals surface area contributed by atoms with Gasteiger partial charge in [-0.25, -0.2) is 4.79 Å². The largest absolute Gasteiger partial charge is 0.466 e. The maximum Gasteiger partial charge on any atom is 0.339 e. The van der Waals surface area contributed by atoms with Crippen molar-refractivity contribution in [1.82, 2.24) is 0 Å². The second-order valence-corrected chi connectivity index (χ2v) is 3.65. The highest BCUT2D eigenvalue weighted by atomic mass is 16.6. The highest BCUT2D eigenvalue weighted by Gasteiger charge is 2.38. The molecular formula is C12H13NO4. The molecule has 2 rings (SSSR count). The van der Waals surface area contributed by atoms with Crippen molar-refractivity contribution in [1.29, 1.82) is 5.41 Å². The third kappa shape index (κ3) is 2.01. The molecule has 17 heavy (non-hydrogen) atoms. The zero-order valence-electron chi connectivity index (χ0n) is 9.34. The van der Waals surface area contributed by atoms with Gasteiger partial charge in [0.2, 0.25) is 5.90 Å². The Morgan fingerprint density at radius 2 is 2.29 bits per heavy atom. The van der Waals surface area contributed by atoms with Gasteiger partial charge in [0.15, 0.2) is 12.2 Å². The van der Waals surface area contributed by atoms with Crippen LogP contribution in [-0.4, -0.2) is 29.7 Å². The summed E-state index contributed by atoms with van der Waals surface area (Å²) in [5.41, 5.74) is 1.24. The van der Waals surface area contributed by atoms with Gasteiger partial charge in [-0.05, 0) is 13.0 Å². The SMILES string of the molecule is CCOC(=O)C(O)C1OC(=N)c2ccccc21. The topological polar surface area (TPSA) is 79.6 Å². The highest BCUT2D eigenvalue weighted by Crippen LogP contribution is 2.33. The summed E-state index contributed by atoms with van der Waals surface area (Å²) < 4.78 is 9.92. The first-order chi connectivity index (χ1) is 8.15. The van der Waals surface area contributed by atoms with Crippen LogP contribution < -0.4 is 0 Å². The van der Waals surface area contributed by atoms with Crippen molar-refractivity contribution in [3.63, 3.8) is 0 Å². The van der Waals surface area contributed by atoms with Gasteiger partial charge >= 0.3 is 5.97 Å². The zero-order valence-corrected chi connectivity index (χ0v) is 9.34. The van der Waals surface area contributed by atoms with Crippen LogP contribution in [0.15, 0.2) is 24.3 Å². The molecule has 0 radical (unpaired) electrons. The lowest BCUT2D eigenvalue weighted by Crippen LogP contribution is -2.30. The summed E-state index contributed by atoms with van der Waals surface area (Å²) >= 11 is 0. The molecule has 0 aromatic heterocycles. The van der Waals surface area contributed by atoms with Gasteiger partial charge in [0.05, 0.1) is 6.61 Å². The van der Waals surface area contributed by atoms with E-state index in [1.165, 1.54) is 0 Å². The van der Waals surface area contributed by atoms with E-state index in [1.54, 1.807) is 31.2 Å². The lowest BCUT2D eigenvalue weighted by molar-refractivity contribution is -0.158. The Hall–Kier alpha value is -1.88. The standard InChI is InChI=1S/C12H13NO4/c1-2-16-12(15)9(14)10-7-5-3-4-6-8(7)11(13)17-10/h3-6,9-10,13-14H,2H2,1H3. The predicted octanol–water partition coefficient (Wildman–Crippen LogP) is 1.01. The van der Waals surface area contributed by atoms with Crippen LogP contribution in [0.3, 0.4) is 0 Å². The summed E-state index contributed by atoms with van der Waals surface area (Å²) in [4.78, 5) is 11.4. The summed E-state index contributed by atoms with van der Waals surface area (Å²) in [6, 6.07) is 6.99. The monoisotopic (exact) mass is 235 g/mol. The van der Waals surface area contributed by atoms with Crippen LogP contribution in [0.1, 0.15) is 24.2 Å². The molecule has 1 aromatic carbocycles. The minimum atomic E-state index is -1.40. The van der Waals surface area contributed by atoms with Crippen LogP contribution in [-0.2, 0) is 14.3 Å². The van der Waals surface area contributed by atoms with Crippen molar-refractivity contribution in [3.05, 3.63) is 35.4 Å². The molecule has 1 heterocycles. The van der Waals surface area contributed by atoms with E-state index >= 15 is 0 Å². The molecule has 5 nitrogen and oxygen atoms in total. The van der Waals surface area contributed by atoms with E-state index in [1.807, 2.05) is 0 Å². The van der Waals surface area contributed by atoms with E-state index in [0.717, 1.165) is 0 Å². The highest BCUT2D eigenvalue weighted by molar-refractivity contribution is 5.96. The van der Waals surface area contributed by atoms with Crippen molar-refractivity contribution in [2.75, 3.05) is 6.61 Å². The minimum Gasteiger partial charge on any atom is -0.466 e. The molecule has 1 aromatic rings. The second-order valence-electron chi connectivity index (χ2n) is 3.65. The fourth-order valence-corrected chi connectivity index (χ4v) is 1.79. The number of hydrogen-bond donors (Lipinski definition) is 2. The molecule has 0 fully saturated rings. The third-order valence-corrected chi connectivity index (χ3v) is 2.57. The minimum absolute atomic E-state index is 0.0334. The summed E-state index contributed by atoms with van der Waals surface area (Å²) in [6.45, 7) is 1.86. The number of aliphatic hydroxyl groups is 1. The first kappa shape index (κ1) is 11.6. The molecule has 2 N–H and O–H groups in total. The molecule has 0 saturated carbocycles. The molecular weight excluding hydrogens is 222 g/mol. The maximum absolute atomic E-state index is 11.4. The van der Waals surface area contributed by atoms with Crippen LogP contribution in [0.2, 0.25) is 0 Å². The summed E-state index contributed by atoms with van der Waals surface area (Å²) in [7, 11) is 0. The Bertz CT molecular complexity index is 458. The Morgan fingerprint density at radius 1 is 1.59 bits per heavy atom. The van der Waals surface area contributed by atoms with Gasteiger partial charge < -0.3 is 14.6 Å². The molecule has 2 atom stereocenters. The van der Waals surface area contributed by atoms with E-state index in [0.29, 0.717) is 11.1 Å². The van der Waals surface area contributed by atoms with E-state index in [4.69, 9.17) is 14.9 Å². The summed E-state index contributed by atoms with van der Waals surface area (Å²) in [5, 5.41) is 17.4. The molecule has 1 aliphatic heterocycles. The van der Waals surface area contributed by atoms with Gasteiger partial charge in [0.25, 0.3) is 0 Å². The lowest BCUT2D eigenvalue weighted by atomic mass is 10.0. The number of benzene rings is 1. The molecule has 0 aliphatic carbocycles. The number of fused-ring (bicyclic) bond motifs is 1. The number of carbonyl (C=O) groups excluding carboxylic acids is 1. The normalized spacial score (nSPS) is 19.4. The van der Waals surface area contributed by atoms with Crippen LogP contribution in [0.25, 0.3) is 0 Å². The molecule has 1 aliphatic rings. The maximum atomic E-state index is 11.4. The number of ether oxygens (including phenoxy) is 2. The Kier molecular flexibility index (Phi) is 3.10. The molecule has 2 unspecified atom stereocenters. The van der Waals surface area contributed by atoms with E-state index in [-0.39, 0.29) is 12.5 Å². The van der Waals surface area contributed by atoms with Gasteiger partial charge in [0.1, 0.15) is 0 Å². The fourth-order valence-electron chi connectivity index (χ4n) is 1.79. The van der Waals surface area contributed by atoms with Crippen LogP contribution >= 0.6 is 0 Å². The van der Waals surface area contributed by atoms with Crippen LogP contribution in [0.4, 0.5) is 0 Å². The van der Waals surface area contributed by atoms with Gasteiger partial charge in [-0.2, -0.15) is 0 Å². The third-order valence-electron chi connectivity index (χ3n) is 2.57. The van der Waals surface area contributed by atoms with Gasteiger partial charge in [-0.1, -0.05) is 18.2 Å². The molecule has 90 valence electrons. The second kappa shape index (κ2) is 4.55. The number of rotatable bonds is 3. The molecule has 5 heteroatoms. The average Bonchev–Trinajstić information content (AvgIpc) is 2.67. The summed E-state index contributed by atoms with van der Waals surface area (Å²) in [6.07, 6.45) is -2.25. The summed E-state index contributed by atoms with van der Waals surface area (Å²) in [5.74, 6) is -0.768. The first-order valence-corrected chi connectivity index (χ1v) is 5.34. The Morgan fingerprint density at radius 3 is 3.00 bits per heavy atom. The number of carbonyl (C=O) groups is 1. The Labute approximate surface area is 98.5 Å². The molecule has 0 bridgehead atoms. The van der Waals surface area contributed by atoms with Crippen molar-refractivity contribution in [2.45, 2.75) is 19.1 Å². The van der Waals surface area contributed by atoms with Crippen molar-refractivity contribution in [2.24, 2.45) is 0 Å². The molecule has 0 saturated heterocycles. The fraction of sp³-hybridized carbons (Fsp3) is 0.333. The predicted molar refractivity (Wildman–Crippen MR) is 59.7 cm³/mol. The van der Waals surface area contributed by atoms with Gasteiger partial charge in [0, 0.05) is 11.1 Å². The van der Waals surface area contributed by atoms with Crippen molar-refractivity contribution >= 4 is 11.9 Å². The van der Waals surface area contributed by atoms with Crippen LogP contribution in [0.5, 0.6) is 0 Å². The lowest BCUT2D eigenvalue weighted by Gasteiger charge is -2.16. The van der Waals surface area contributed by atoms with E-state index in [9.17, 15) is 9.90 Å². The number of hydrogen-bond acceptors (Lipinski definition) is 5. The number of aliphatic hydroxyl groups excluding tert-OH is 1. The molecule has 0 amide bonds. The quantitative estimate of drug-likeness (QED) is 0.766. The van der Waals surface area contributed by atoms with E-state index < -0.39 is 18.2 Å². The van der Waals surface area contributed by atoms with Crippen molar-refractivity contribution in [3.8, 4) is 0 Å². The van der Waals surface area contributed by atoms with E-state index in [2.05, 4.69) is 0 Å². The average molecular weight is 235 g/mol. The smallest absolute Gasteiger partial charge is 0.339 e. The van der Waals surface area contributed by atoms with Gasteiger partial charge in [-0.3, -0.25) is 5.41 Å². The van der Waals surface area contributed by atoms with Crippen LogP contribution in [0, 0.1) is 5.41 Å². The Balaban J connectivity index is 2.25.